The van der Waals surface area contributed by atoms with Crippen molar-refractivity contribution in [3.8, 4) is 11.6 Å². The first-order chi connectivity index (χ1) is 12.7. The van der Waals surface area contributed by atoms with Gasteiger partial charge in [0.25, 0.3) is 0 Å². The highest BCUT2D eigenvalue weighted by Crippen LogP contribution is 2.32. The summed E-state index contributed by atoms with van der Waals surface area (Å²) in [7, 11) is 0. The minimum absolute atomic E-state index is 0.325. The lowest BCUT2D eigenvalue weighted by Crippen LogP contribution is -2.03. The minimum Gasteiger partial charge on any atom is -0.493 e. The van der Waals surface area contributed by atoms with E-state index in [1.165, 1.54) is 30.3 Å². The normalized spacial score (nSPS) is 13.5. The number of benzene rings is 1. The molecule has 2 aromatic rings. The number of hydrogen-bond acceptors (Lipinski definition) is 7. The molecule has 26 heavy (non-hydrogen) atoms. The predicted octanol–water partition coefficient (Wildman–Crippen LogP) is 3.39. The summed E-state index contributed by atoms with van der Waals surface area (Å²) >= 11 is 1.25. The van der Waals surface area contributed by atoms with Gasteiger partial charge in [0.2, 0.25) is 5.88 Å². The van der Waals surface area contributed by atoms with Gasteiger partial charge in [0.05, 0.1) is 41.2 Å². The topological polar surface area (TPSA) is 81.8 Å². The van der Waals surface area contributed by atoms with Crippen LogP contribution in [0.5, 0.6) is 11.6 Å². The van der Waals surface area contributed by atoms with Gasteiger partial charge < -0.3 is 19.9 Å². The van der Waals surface area contributed by atoms with Crippen LogP contribution in [-0.4, -0.2) is 30.5 Å². The zero-order valence-corrected chi connectivity index (χ0v) is 15.1. The molecule has 3 rings (SSSR count). The van der Waals surface area contributed by atoms with E-state index in [1.807, 2.05) is 13.0 Å². The highest BCUT2D eigenvalue weighted by molar-refractivity contribution is 8.00. The molecule has 3 N–H and O–H groups in total. The number of nitrogens with zero attached hydrogens (tertiary/aromatic N) is 2. The molecule has 0 fully saturated rings. The fraction of sp³-hybridized carbons (Fsp3) is 0.222. The van der Waals surface area contributed by atoms with E-state index < -0.39 is 0 Å². The van der Waals surface area contributed by atoms with E-state index in [0.717, 1.165) is 11.3 Å². The lowest BCUT2D eigenvalue weighted by Gasteiger charge is -2.12. The molecule has 0 saturated heterocycles. The number of fused-ring (bicyclic) bond motifs is 1. The Labute approximate surface area is 155 Å². The zero-order valence-electron chi connectivity index (χ0n) is 14.2. The molecule has 0 aliphatic carbocycles. The number of hydrogen-bond donors (Lipinski definition) is 2. The lowest BCUT2D eigenvalue weighted by atomic mass is 10.1. The molecule has 0 radical (unpaired) electrons. The Kier molecular flexibility index (Phi) is 5.96. The average Bonchev–Trinajstić information content (AvgIpc) is 2.84. The van der Waals surface area contributed by atoms with Crippen LogP contribution in [0.3, 0.4) is 0 Å². The summed E-state index contributed by atoms with van der Waals surface area (Å²) in [6, 6.07) is 6.28. The molecule has 0 bridgehead atoms. The maximum atomic E-state index is 13.6. The van der Waals surface area contributed by atoms with Crippen LogP contribution in [0.15, 0.2) is 52.6 Å². The highest BCUT2D eigenvalue weighted by atomic mass is 32.2. The smallest absolute Gasteiger partial charge is 0.223 e. The van der Waals surface area contributed by atoms with E-state index in [4.69, 9.17) is 15.2 Å². The number of pyridine rings is 1. The summed E-state index contributed by atoms with van der Waals surface area (Å²) in [5.41, 5.74) is 7.69. The van der Waals surface area contributed by atoms with Crippen molar-refractivity contribution in [2.75, 3.05) is 24.5 Å². The van der Waals surface area contributed by atoms with Crippen molar-refractivity contribution < 1.29 is 13.9 Å². The van der Waals surface area contributed by atoms with Gasteiger partial charge in [-0.2, -0.15) is 0 Å². The number of nitrogens with two attached hydrogens (primary N) is 1. The van der Waals surface area contributed by atoms with Crippen LogP contribution < -0.4 is 19.9 Å². The van der Waals surface area contributed by atoms with Crippen LogP contribution in [0, 0.1) is 5.82 Å². The average molecular weight is 374 g/mol. The molecule has 136 valence electrons. The van der Waals surface area contributed by atoms with Crippen LogP contribution in [-0.2, 0) is 0 Å². The standard InChI is InChI=1S/C18H19FN4O2S/c1-2-24-16-4-3-12(19)9-17(16)26-23-13-10-14-15(5-6-20)21-7-8-25-18(14)22-11-13/h3-6,9-11,23H,2,7-8,20H2,1H3. The fourth-order valence-corrected chi connectivity index (χ4v) is 3.12. The van der Waals surface area contributed by atoms with Crippen molar-refractivity contribution in [3.05, 3.63) is 54.1 Å². The Morgan fingerprint density at radius 1 is 1.42 bits per heavy atom. The molecule has 0 saturated carbocycles. The lowest BCUT2D eigenvalue weighted by molar-refractivity contribution is 0.318. The van der Waals surface area contributed by atoms with Crippen molar-refractivity contribution >= 4 is 23.3 Å². The van der Waals surface area contributed by atoms with Gasteiger partial charge in [-0.25, -0.2) is 9.37 Å². The second-order valence-electron chi connectivity index (χ2n) is 5.28. The first kappa shape index (κ1) is 18.1. The monoisotopic (exact) mass is 374 g/mol. The maximum absolute atomic E-state index is 13.6. The van der Waals surface area contributed by atoms with Gasteiger partial charge in [-0.05, 0) is 55.4 Å². The molecule has 0 unspecified atom stereocenters. The van der Waals surface area contributed by atoms with E-state index in [9.17, 15) is 4.39 Å². The summed E-state index contributed by atoms with van der Waals surface area (Å²) in [5.74, 6) is 0.801. The Hall–Kier alpha value is -2.74. The second-order valence-corrected chi connectivity index (χ2v) is 6.13. The molecule has 1 aliphatic heterocycles. The van der Waals surface area contributed by atoms with Crippen molar-refractivity contribution in [2.24, 2.45) is 10.7 Å². The number of nitrogens with one attached hydrogen (secondary N) is 1. The molecule has 2 heterocycles. The highest BCUT2D eigenvalue weighted by Gasteiger charge is 2.15. The molecule has 0 atom stereocenters. The van der Waals surface area contributed by atoms with Gasteiger partial charge >= 0.3 is 0 Å². The van der Waals surface area contributed by atoms with Gasteiger partial charge in [0.1, 0.15) is 18.2 Å². The third kappa shape index (κ3) is 4.26. The molecule has 0 amide bonds. The second kappa shape index (κ2) is 8.57. The summed E-state index contributed by atoms with van der Waals surface area (Å²) in [6.45, 7) is 3.38. The number of rotatable bonds is 6. The van der Waals surface area contributed by atoms with E-state index in [2.05, 4.69) is 14.7 Å². The van der Waals surface area contributed by atoms with Gasteiger partial charge in [-0.15, -0.1) is 0 Å². The fourth-order valence-electron chi connectivity index (χ4n) is 2.38. The number of allylic oxidation sites excluding steroid dienone is 1. The molecular formula is C18H19FN4O2S. The number of halogens is 1. The van der Waals surface area contributed by atoms with Gasteiger partial charge in [0, 0.05) is 0 Å². The molecule has 1 aliphatic rings. The minimum atomic E-state index is -0.325. The van der Waals surface area contributed by atoms with Crippen LogP contribution in [0.4, 0.5) is 10.1 Å². The van der Waals surface area contributed by atoms with E-state index >= 15 is 0 Å². The van der Waals surface area contributed by atoms with Crippen molar-refractivity contribution in [1.29, 1.82) is 0 Å². The summed E-state index contributed by atoms with van der Waals surface area (Å²) in [5, 5.41) is 0. The largest absolute Gasteiger partial charge is 0.493 e. The van der Waals surface area contributed by atoms with Crippen molar-refractivity contribution in [1.82, 2.24) is 4.98 Å². The Morgan fingerprint density at radius 2 is 2.31 bits per heavy atom. The molecule has 0 spiro atoms. The van der Waals surface area contributed by atoms with Gasteiger partial charge in [-0.1, -0.05) is 0 Å². The van der Waals surface area contributed by atoms with Gasteiger partial charge in [0.15, 0.2) is 0 Å². The molecule has 8 heteroatoms. The first-order valence-corrected chi connectivity index (χ1v) is 8.94. The Balaban J connectivity index is 1.83. The van der Waals surface area contributed by atoms with Crippen molar-refractivity contribution in [2.45, 2.75) is 11.8 Å². The Bertz CT molecular complexity index is 842. The number of aliphatic imine (C=N–C) groups is 1. The quantitative estimate of drug-likeness (QED) is 0.755. The molecule has 6 nitrogen and oxygen atoms in total. The van der Waals surface area contributed by atoms with E-state index in [-0.39, 0.29) is 5.82 Å². The maximum Gasteiger partial charge on any atom is 0.223 e. The molecular weight excluding hydrogens is 355 g/mol. The van der Waals surface area contributed by atoms with Crippen LogP contribution in [0.25, 0.3) is 0 Å². The third-order valence-electron chi connectivity index (χ3n) is 3.48. The third-order valence-corrected chi connectivity index (χ3v) is 4.35. The number of aromatic nitrogens is 1. The first-order valence-electron chi connectivity index (χ1n) is 8.12. The number of ether oxygens (including phenoxy) is 2. The SMILES string of the molecule is CCOc1ccc(F)cc1SNc1cnc2c(c1)C(C=CN)=NCCO2. The predicted molar refractivity (Wildman–Crippen MR) is 102 cm³/mol. The van der Waals surface area contributed by atoms with E-state index in [1.54, 1.807) is 18.3 Å². The van der Waals surface area contributed by atoms with Crippen molar-refractivity contribution in [3.63, 3.8) is 0 Å². The van der Waals surface area contributed by atoms with Crippen LogP contribution in [0.1, 0.15) is 12.5 Å². The van der Waals surface area contributed by atoms with E-state index in [0.29, 0.717) is 42.0 Å². The zero-order chi connectivity index (χ0) is 18.4. The van der Waals surface area contributed by atoms with Crippen LogP contribution in [0.2, 0.25) is 0 Å². The summed E-state index contributed by atoms with van der Waals surface area (Å²) in [6.07, 6.45) is 4.80. The van der Waals surface area contributed by atoms with Gasteiger partial charge in [-0.3, -0.25) is 4.99 Å². The molecule has 1 aromatic heterocycles. The summed E-state index contributed by atoms with van der Waals surface area (Å²) < 4.78 is 27.9. The summed E-state index contributed by atoms with van der Waals surface area (Å²) in [4.78, 5) is 9.43. The van der Waals surface area contributed by atoms with Crippen LogP contribution >= 0.6 is 11.9 Å². The molecule has 1 aromatic carbocycles. The Morgan fingerprint density at radius 3 is 3.12 bits per heavy atom. The number of anilines is 1.